The summed E-state index contributed by atoms with van der Waals surface area (Å²) in [5, 5.41) is 0. The van der Waals surface area contributed by atoms with E-state index in [0.29, 0.717) is 24.0 Å². The van der Waals surface area contributed by atoms with Gasteiger partial charge in [0.15, 0.2) is 5.82 Å². The first-order valence-electron chi connectivity index (χ1n) is 6.30. The number of nitrogen functional groups attached to an aromatic ring is 1. The molecule has 20 heavy (non-hydrogen) atoms. The van der Waals surface area contributed by atoms with Crippen molar-refractivity contribution in [1.29, 1.82) is 0 Å². The van der Waals surface area contributed by atoms with Crippen LogP contribution in [-0.4, -0.2) is 9.55 Å². The number of hydrogen-bond donors (Lipinski definition) is 1. The van der Waals surface area contributed by atoms with Crippen molar-refractivity contribution in [2.75, 3.05) is 5.73 Å². The molecule has 102 valence electrons. The second kappa shape index (κ2) is 4.92. The van der Waals surface area contributed by atoms with Crippen molar-refractivity contribution in [2.45, 2.75) is 13.0 Å². The van der Waals surface area contributed by atoms with Crippen molar-refractivity contribution in [3.05, 3.63) is 59.7 Å². The Labute approximate surface area is 114 Å². The highest BCUT2D eigenvalue weighted by molar-refractivity contribution is 5.78. The number of halogens is 2. The van der Waals surface area contributed by atoms with Crippen molar-refractivity contribution in [1.82, 2.24) is 9.55 Å². The molecule has 3 nitrogen and oxygen atoms in total. The Morgan fingerprint density at radius 1 is 1.00 bits per heavy atom. The number of fused-ring (bicyclic) bond motifs is 1. The van der Waals surface area contributed by atoms with Gasteiger partial charge < -0.3 is 10.3 Å². The molecule has 0 unspecified atom stereocenters. The Balaban J connectivity index is 1.94. The first-order chi connectivity index (χ1) is 9.66. The number of aromatic nitrogens is 2. The van der Waals surface area contributed by atoms with E-state index in [0.717, 1.165) is 0 Å². The van der Waals surface area contributed by atoms with Gasteiger partial charge in [0.05, 0.1) is 5.52 Å². The number of nitrogens with zero attached hydrogens (tertiary/aromatic N) is 2. The van der Waals surface area contributed by atoms with E-state index in [1.54, 1.807) is 34.9 Å². The maximum absolute atomic E-state index is 13.6. The van der Waals surface area contributed by atoms with Crippen LogP contribution in [0.5, 0.6) is 0 Å². The molecule has 0 spiro atoms. The van der Waals surface area contributed by atoms with Gasteiger partial charge in [0.2, 0.25) is 5.95 Å². The predicted octanol–water partition coefficient (Wildman–Crippen LogP) is 3.14. The van der Waals surface area contributed by atoms with Crippen LogP contribution in [0, 0.1) is 11.6 Å². The quantitative estimate of drug-likeness (QED) is 0.796. The standard InChI is InChI=1S/C15H13F2N3/c16-11-5-2-1-4-10(11)8-9-20-13-7-3-6-12(17)14(13)19-15(20)18/h1-7H,8-9H2,(H2,18,19). The smallest absolute Gasteiger partial charge is 0.201 e. The summed E-state index contributed by atoms with van der Waals surface area (Å²) in [5.74, 6) is -0.415. The van der Waals surface area contributed by atoms with E-state index < -0.39 is 5.82 Å². The van der Waals surface area contributed by atoms with E-state index in [1.165, 1.54) is 12.1 Å². The normalized spacial score (nSPS) is 11.1. The number of aryl methyl sites for hydroxylation is 2. The minimum absolute atomic E-state index is 0.237. The average Bonchev–Trinajstić information content (AvgIpc) is 2.76. The largest absolute Gasteiger partial charge is 0.369 e. The molecule has 0 radical (unpaired) electrons. The molecule has 2 aromatic carbocycles. The molecule has 0 saturated carbocycles. The fraction of sp³-hybridized carbons (Fsp3) is 0.133. The highest BCUT2D eigenvalue weighted by Crippen LogP contribution is 2.21. The number of para-hydroxylation sites is 1. The molecule has 0 saturated heterocycles. The lowest BCUT2D eigenvalue weighted by Gasteiger charge is -2.07. The minimum Gasteiger partial charge on any atom is -0.369 e. The molecule has 0 aliphatic carbocycles. The second-order valence-electron chi connectivity index (χ2n) is 4.57. The number of hydrogen-bond acceptors (Lipinski definition) is 2. The molecule has 0 aliphatic heterocycles. The molecule has 3 aromatic rings. The molecule has 5 heteroatoms. The van der Waals surface area contributed by atoms with Gasteiger partial charge in [-0.2, -0.15) is 0 Å². The van der Waals surface area contributed by atoms with Crippen molar-refractivity contribution < 1.29 is 8.78 Å². The Morgan fingerprint density at radius 2 is 1.75 bits per heavy atom. The maximum atomic E-state index is 13.6. The SMILES string of the molecule is Nc1nc2c(F)cccc2n1CCc1ccccc1F. The summed E-state index contributed by atoms with van der Waals surface area (Å²) in [5.41, 5.74) is 7.29. The molecular formula is C15H13F2N3. The Bertz CT molecular complexity index is 765. The van der Waals surface area contributed by atoms with E-state index in [2.05, 4.69) is 4.98 Å². The van der Waals surface area contributed by atoms with E-state index in [-0.39, 0.29) is 17.3 Å². The molecule has 0 atom stereocenters. The lowest BCUT2D eigenvalue weighted by atomic mass is 10.1. The summed E-state index contributed by atoms with van der Waals surface area (Å²) in [6.45, 7) is 0.451. The maximum Gasteiger partial charge on any atom is 0.201 e. The first kappa shape index (κ1) is 12.6. The topological polar surface area (TPSA) is 43.8 Å². The summed E-state index contributed by atoms with van der Waals surface area (Å²) < 4.78 is 28.9. The van der Waals surface area contributed by atoms with Gasteiger partial charge in [-0.15, -0.1) is 0 Å². The fourth-order valence-electron chi connectivity index (χ4n) is 2.30. The Morgan fingerprint density at radius 3 is 2.55 bits per heavy atom. The summed E-state index contributed by atoms with van der Waals surface area (Å²) in [6.07, 6.45) is 0.471. The summed E-state index contributed by atoms with van der Waals surface area (Å²) in [7, 11) is 0. The molecule has 0 bridgehead atoms. The zero-order valence-corrected chi connectivity index (χ0v) is 10.7. The number of rotatable bonds is 3. The molecule has 1 heterocycles. The number of imidazole rings is 1. The van der Waals surface area contributed by atoms with Gasteiger partial charge in [-0.25, -0.2) is 13.8 Å². The van der Waals surface area contributed by atoms with Crippen LogP contribution in [0.3, 0.4) is 0 Å². The lowest BCUT2D eigenvalue weighted by molar-refractivity contribution is 0.597. The molecule has 1 aromatic heterocycles. The van der Waals surface area contributed by atoms with Crippen LogP contribution in [0.2, 0.25) is 0 Å². The van der Waals surface area contributed by atoms with Gasteiger partial charge in [-0.05, 0) is 30.2 Å². The summed E-state index contributed by atoms with van der Waals surface area (Å²) in [4.78, 5) is 4.02. The average molecular weight is 273 g/mol. The molecule has 0 amide bonds. The summed E-state index contributed by atoms with van der Waals surface area (Å²) in [6, 6.07) is 11.3. The number of benzene rings is 2. The Kier molecular flexibility index (Phi) is 3.10. The fourth-order valence-corrected chi connectivity index (χ4v) is 2.30. The number of anilines is 1. The second-order valence-corrected chi connectivity index (χ2v) is 4.57. The highest BCUT2D eigenvalue weighted by atomic mass is 19.1. The molecular weight excluding hydrogens is 260 g/mol. The van der Waals surface area contributed by atoms with Crippen LogP contribution in [0.25, 0.3) is 11.0 Å². The monoisotopic (exact) mass is 273 g/mol. The molecule has 0 aliphatic rings. The third-order valence-corrected chi connectivity index (χ3v) is 3.32. The molecule has 2 N–H and O–H groups in total. The highest BCUT2D eigenvalue weighted by Gasteiger charge is 2.11. The van der Waals surface area contributed by atoms with Gasteiger partial charge in [0.1, 0.15) is 11.3 Å². The van der Waals surface area contributed by atoms with Gasteiger partial charge in [0, 0.05) is 6.54 Å². The lowest BCUT2D eigenvalue weighted by Crippen LogP contribution is -2.06. The van der Waals surface area contributed by atoms with E-state index >= 15 is 0 Å². The van der Waals surface area contributed by atoms with Crippen LogP contribution < -0.4 is 5.73 Å². The van der Waals surface area contributed by atoms with E-state index in [9.17, 15) is 8.78 Å². The summed E-state index contributed by atoms with van der Waals surface area (Å²) >= 11 is 0. The van der Waals surface area contributed by atoms with Crippen molar-refractivity contribution in [3.63, 3.8) is 0 Å². The van der Waals surface area contributed by atoms with Crippen LogP contribution in [0.15, 0.2) is 42.5 Å². The first-order valence-corrected chi connectivity index (χ1v) is 6.30. The van der Waals surface area contributed by atoms with E-state index in [4.69, 9.17) is 5.73 Å². The molecule has 3 rings (SSSR count). The van der Waals surface area contributed by atoms with Crippen LogP contribution in [0.4, 0.5) is 14.7 Å². The minimum atomic E-state index is -0.404. The predicted molar refractivity (Wildman–Crippen MR) is 74.2 cm³/mol. The van der Waals surface area contributed by atoms with Crippen molar-refractivity contribution in [3.8, 4) is 0 Å². The van der Waals surface area contributed by atoms with Crippen LogP contribution in [0.1, 0.15) is 5.56 Å². The zero-order chi connectivity index (χ0) is 14.1. The van der Waals surface area contributed by atoms with Crippen LogP contribution >= 0.6 is 0 Å². The van der Waals surface area contributed by atoms with Gasteiger partial charge in [0.25, 0.3) is 0 Å². The van der Waals surface area contributed by atoms with Crippen molar-refractivity contribution >= 4 is 17.0 Å². The van der Waals surface area contributed by atoms with Gasteiger partial charge in [-0.1, -0.05) is 24.3 Å². The third-order valence-electron chi connectivity index (χ3n) is 3.32. The molecule has 0 fully saturated rings. The number of nitrogens with two attached hydrogens (primary N) is 1. The van der Waals surface area contributed by atoms with Crippen molar-refractivity contribution in [2.24, 2.45) is 0 Å². The van der Waals surface area contributed by atoms with Crippen LogP contribution in [-0.2, 0) is 13.0 Å². The van der Waals surface area contributed by atoms with Gasteiger partial charge in [-0.3, -0.25) is 0 Å². The third kappa shape index (κ3) is 2.11. The Hall–Kier alpha value is -2.43. The van der Waals surface area contributed by atoms with Gasteiger partial charge >= 0.3 is 0 Å². The van der Waals surface area contributed by atoms with E-state index in [1.807, 2.05) is 0 Å². The zero-order valence-electron chi connectivity index (χ0n) is 10.7.